The Labute approximate surface area is 138 Å². The zero-order valence-electron chi connectivity index (χ0n) is 13.9. The molecule has 120 valence electrons. The Balaban J connectivity index is 3.05. The highest BCUT2D eigenvalue weighted by Gasteiger charge is 2.16. The topological polar surface area (TPSA) is 24.5 Å². The second kappa shape index (κ2) is 9.44. The van der Waals surface area contributed by atoms with Gasteiger partial charge in [0.15, 0.2) is 0 Å². The van der Waals surface area contributed by atoms with Crippen LogP contribution in [0, 0.1) is 0 Å². The van der Waals surface area contributed by atoms with E-state index >= 15 is 0 Å². The molecule has 0 amide bonds. The van der Waals surface area contributed by atoms with Gasteiger partial charge in [-0.15, -0.1) is 0 Å². The van der Waals surface area contributed by atoms with Crippen molar-refractivity contribution in [2.75, 3.05) is 25.2 Å². The number of hydrogen-bond donors (Lipinski definition) is 1. The van der Waals surface area contributed by atoms with Gasteiger partial charge in [-0.25, -0.2) is 0 Å². The van der Waals surface area contributed by atoms with Gasteiger partial charge in [0.05, 0.1) is 6.61 Å². The Morgan fingerprint density at radius 2 is 2.00 bits per heavy atom. The minimum absolute atomic E-state index is 0.484. The lowest BCUT2D eigenvalue weighted by Gasteiger charge is -2.33. The number of methoxy groups -OCH3 is 1. The Hall–Kier alpha value is -0.580. The molecule has 0 aliphatic carbocycles. The molecular weight excluding hydrogens is 328 g/mol. The van der Waals surface area contributed by atoms with Gasteiger partial charge in [0.1, 0.15) is 0 Å². The molecule has 4 heteroatoms. The molecule has 0 aromatic heterocycles. The van der Waals surface area contributed by atoms with Crippen molar-refractivity contribution in [2.45, 2.75) is 52.7 Å². The van der Waals surface area contributed by atoms with Gasteiger partial charge in [-0.05, 0) is 31.0 Å². The average Bonchev–Trinajstić information content (AvgIpc) is 2.46. The molecule has 0 aliphatic rings. The van der Waals surface area contributed by atoms with Gasteiger partial charge in [0, 0.05) is 42.4 Å². The van der Waals surface area contributed by atoms with Crippen LogP contribution in [0.3, 0.4) is 0 Å². The van der Waals surface area contributed by atoms with E-state index in [-0.39, 0.29) is 0 Å². The number of benzene rings is 1. The van der Waals surface area contributed by atoms with Crippen molar-refractivity contribution in [3.05, 3.63) is 28.2 Å². The Kier molecular flexibility index (Phi) is 8.30. The van der Waals surface area contributed by atoms with E-state index in [0.29, 0.717) is 12.1 Å². The van der Waals surface area contributed by atoms with Crippen molar-refractivity contribution in [2.24, 2.45) is 0 Å². The maximum Gasteiger partial charge on any atom is 0.0637 e. The fourth-order valence-electron chi connectivity index (χ4n) is 2.26. The van der Waals surface area contributed by atoms with Crippen molar-refractivity contribution in [3.8, 4) is 0 Å². The minimum atomic E-state index is 0.484. The standard InChI is InChI=1S/C17H29BrN2O/c1-6-14(4)20(9-10-21-5)17-11-16(18)8-7-15(17)12-19-13(2)3/h7-8,11,13-14,19H,6,9-10,12H2,1-5H3. The molecule has 1 aromatic carbocycles. The molecule has 0 aliphatic heterocycles. The zero-order valence-corrected chi connectivity index (χ0v) is 15.5. The lowest BCUT2D eigenvalue weighted by Crippen LogP contribution is -2.36. The molecule has 1 atom stereocenters. The highest BCUT2D eigenvalue weighted by atomic mass is 79.9. The van der Waals surface area contributed by atoms with E-state index in [9.17, 15) is 0 Å². The van der Waals surface area contributed by atoms with E-state index in [4.69, 9.17) is 4.74 Å². The molecule has 0 heterocycles. The summed E-state index contributed by atoms with van der Waals surface area (Å²) in [5, 5.41) is 3.52. The SMILES string of the molecule is CCC(C)N(CCOC)c1cc(Br)ccc1CNC(C)C. The van der Waals surface area contributed by atoms with Crippen molar-refractivity contribution in [1.82, 2.24) is 5.32 Å². The van der Waals surface area contributed by atoms with Gasteiger partial charge in [0.25, 0.3) is 0 Å². The molecule has 0 bridgehead atoms. The average molecular weight is 357 g/mol. The molecule has 0 radical (unpaired) electrons. The first-order valence-corrected chi connectivity index (χ1v) is 8.56. The third kappa shape index (κ3) is 5.97. The predicted octanol–water partition coefficient (Wildman–Crippen LogP) is 4.20. The van der Waals surface area contributed by atoms with Crippen LogP contribution < -0.4 is 10.2 Å². The van der Waals surface area contributed by atoms with Gasteiger partial charge < -0.3 is 15.0 Å². The second-order valence-electron chi connectivity index (χ2n) is 5.75. The molecule has 3 nitrogen and oxygen atoms in total. The van der Waals surface area contributed by atoms with Crippen molar-refractivity contribution >= 4 is 21.6 Å². The third-order valence-electron chi connectivity index (χ3n) is 3.72. The van der Waals surface area contributed by atoms with Crippen LogP contribution >= 0.6 is 15.9 Å². The smallest absolute Gasteiger partial charge is 0.0637 e. The number of anilines is 1. The Bertz CT molecular complexity index is 423. The number of rotatable bonds is 9. The van der Waals surface area contributed by atoms with Gasteiger partial charge in [-0.1, -0.05) is 42.8 Å². The van der Waals surface area contributed by atoms with Gasteiger partial charge in [-0.3, -0.25) is 0 Å². The van der Waals surface area contributed by atoms with E-state index in [1.807, 2.05) is 0 Å². The highest BCUT2D eigenvalue weighted by Crippen LogP contribution is 2.27. The van der Waals surface area contributed by atoms with Gasteiger partial charge in [-0.2, -0.15) is 0 Å². The summed E-state index contributed by atoms with van der Waals surface area (Å²) in [6, 6.07) is 7.52. The molecule has 0 saturated heterocycles. The summed E-state index contributed by atoms with van der Waals surface area (Å²) >= 11 is 3.61. The van der Waals surface area contributed by atoms with E-state index in [1.54, 1.807) is 7.11 Å². The monoisotopic (exact) mass is 356 g/mol. The number of nitrogens with one attached hydrogen (secondary N) is 1. The molecule has 1 N–H and O–H groups in total. The minimum Gasteiger partial charge on any atom is -0.383 e. The predicted molar refractivity (Wildman–Crippen MR) is 95.1 cm³/mol. The third-order valence-corrected chi connectivity index (χ3v) is 4.21. The normalized spacial score (nSPS) is 12.7. The lowest BCUT2D eigenvalue weighted by molar-refractivity contribution is 0.203. The highest BCUT2D eigenvalue weighted by molar-refractivity contribution is 9.10. The maximum atomic E-state index is 5.29. The van der Waals surface area contributed by atoms with Gasteiger partial charge in [0.2, 0.25) is 0 Å². The van der Waals surface area contributed by atoms with Crippen molar-refractivity contribution in [1.29, 1.82) is 0 Å². The molecule has 0 spiro atoms. The summed E-state index contributed by atoms with van der Waals surface area (Å²) in [6.07, 6.45) is 1.12. The number of hydrogen-bond acceptors (Lipinski definition) is 3. The zero-order chi connectivity index (χ0) is 15.8. The fourth-order valence-corrected chi connectivity index (χ4v) is 2.61. The van der Waals surface area contributed by atoms with Crippen molar-refractivity contribution in [3.63, 3.8) is 0 Å². The van der Waals surface area contributed by atoms with Crippen LogP contribution in [-0.4, -0.2) is 32.3 Å². The second-order valence-corrected chi connectivity index (χ2v) is 6.67. The molecule has 0 saturated carbocycles. The molecule has 1 unspecified atom stereocenters. The molecular formula is C17H29BrN2O. The Morgan fingerprint density at radius 3 is 2.57 bits per heavy atom. The van der Waals surface area contributed by atoms with Crippen molar-refractivity contribution < 1.29 is 4.74 Å². The van der Waals surface area contributed by atoms with Crippen LogP contribution in [0.5, 0.6) is 0 Å². The number of ether oxygens (including phenoxy) is 1. The molecule has 0 fully saturated rings. The summed E-state index contributed by atoms with van der Waals surface area (Å²) in [6.45, 7) is 11.4. The van der Waals surface area contributed by atoms with E-state index in [1.165, 1.54) is 11.3 Å². The summed E-state index contributed by atoms with van der Waals surface area (Å²) in [7, 11) is 1.76. The first-order valence-electron chi connectivity index (χ1n) is 7.77. The number of nitrogens with zero attached hydrogens (tertiary/aromatic N) is 1. The lowest BCUT2D eigenvalue weighted by atomic mass is 10.1. The Morgan fingerprint density at radius 1 is 1.29 bits per heavy atom. The quantitative estimate of drug-likeness (QED) is 0.717. The number of halogens is 1. The van der Waals surface area contributed by atoms with E-state index in [0.717, 1.165) is 30.6 Å². The summed E-state index contributed by atoms with van der Waals surface area (Å²) in [5.74, 6) is 0. The summed E-state index contributed by atoms with van der Waals surface area (Å²) in [4.78, 5) is 2.45. The first-order chi connectivity index (χ1) is 9.99. The molecule has 21 heavy (non-hydrogen) atoms. The van der Waals surface area contributed by atoms with Crippen LogP contribution in [0.1, 0.15) is 39.7 Å². The first kappa shape index (κ1) is 18.5. The summed E-state index contributed by atoms with van der Waals surface area (Å²) in [5.41, 5.74) is 2.63. The maximum absolute atomic E-state index is 5.29. The van der Waals surface area contributed by atoms with Gasteiger partial charge >= 0.3 is 0 Å². The van der Waals surface area contributed by atoms with Crippen LogP contribution in [0.2, 0.25) is 0 Å². The van der Waals surface area contributed by atoms with Crippen LogP contribution in [0.15, 0.2) is 22.7 Å². The van der Waals surface area contributed by atoms with E-state index in [2.05, 4.69) is 72.0 Å². The molecule has 1 rings (SSSR count). The van der Waals surface area contributed by atoms with Crippen LogP contribution in [-0.2, 0) is 11.3 Å². The van der Waals surface area contributed by atoms with E-state index < -0.39 is 0 Å². The fraction of sp³-hybridized carbons (Fsp3) is 0.647. The summed E-state index contributed by atoms with van der Waals surface area (Å²) < 4.78 is 6.41. The van der Waals surface area contributed by atoms with Crippen LogP contribution in [0.25, 0.3) is 0 Å². The van der Waals surface area contributed by atoms with Crippen LogP contribution in [0.4, 0.5) is 5.69 Å². The largest absolute Gasteiger partial charge is 0.383 e. The molecule has 1 aromatic rings.